The van der Waals surface area contributed by atoms with Crippen LogP contribution in [0.25, 0.3) is 10.1 Å². The number of thiophene rings is 1. The fraction of sp³-hybridized carbons (Fsp3) is 0.600. The first kappa shape index (κ1) is 22.3. The van der Waals surface area contributed by atoms with Crippen LogP contribution in [0.2, 0.25) is 0 Å². The highest BCUT2D eigenvalue weighted by Gasteiger charge is 2.29. The molecule has 2 fully saturated rings. The molecule has 2 aromatic rings. The van der Waals surface area contributed by atoms with Crippen LogP contribution in [-0.2, 0) is 4.79 Å². The van der Waals surface area contributed by atoms with E-state index in [9.17, 15) is 9.59 Å². The lowest BCUT2D eigenvalue weighted by atomic mass is 9.77. The van der Waals surface area contributed by atoms with Gasteiger partial charge in [0.05, 0.1) is 11.5 Å². The molecule has 0 unspecified atom stereocenters. The van der Waals surface area contributed by atoms with Crippen molar-refractivity contribution in [1.82, 2.24) is 10.6 Å². The van der Waals surface area contributed by atoms with E-state index in [-0.39, 0.29) is 25.0 Å². The summed E-state index contributed by atoms with van der Waals surface area (Å²) in [5.41, 5.74) is 1.18. The minimum absolute atomic E-state index is 0.0520. The number of aliphatic hydroxyl groups is 1. The summed E-state index contributed by atoms with van der Waals surface area (Å²) >= 11 is 1.56. The summed E-state index contributed by atoms with van der Waals surface area (Å²) in [6, 6.07) is 8.26. The largest absolute Gasteiger partial charge is 0.395 e. The Labute approximate surface area is 188 Å². The molecule has 2 saturated carbocycles. The first-order chi connectivity index (χ1) is 15.2. The molecule has 4 rings (SSSR count). The minimum Gasteiger partial charge on any atom is -0.395 e. The minimum atomic E-state index is -0.0773. The van der Waals surface area contributed by atoms with Gasteiger partial charge in [0.1, 0.15) is 0 Å². The second-order valence-corrected chi connectivity index (χ2v) is 10.2. The molecule has 1 aromatic carbocycles. The van der Waals surface area contributed by atoms with Crippen LogP contribution in [0.15, 0.2) is 24.3 Å². The van der Waals surface area contributed by atoms with Gasteiger partial charge in [-0.1, -0.05) is 31.0 Å². The molecule has 0 spiro atoms. The highest BCUT2D eigenvalue weighted by Crippen LogP contribution is 2.43. The van der Waals surface area contributed by atoms with Crippen LogP contribution in [0.5, 0.6) is 0 Å². The fourth-order valence-electron chi connectivity index (χ4n) is 5.35. The molecule has 6 heteroatoms. The molecule has 3 N–H and O–H groups in total. The van der Waals surface area contributed by atoms with Crippen molar-refractivity contribution in [2.75, 3.05) is 19.7 Å². The smallest absolute Gasteiger partial charge is 0.261 e. The molecule has 168 valence electrons. The molecule has 1 heterocycles. The van der Waals surface area contributed by atoms with Gasteiger partial charge in [-0.15, -0.1) is 11.3 Å². The first-order valence-corrected chi connectivity index (χ1v) is 12.6. The maximum atomic E-state index is 12.8. The zero-order valence-electron chi connectivity index (χ0n) is 18.2. The van der Waals surface area contributed by atoms with E-state index in [1.54, 1.807) is 11.3 Å². The Hall–Kier alpha value is -1.92. The molecule has 1 aromatic heterocycles. The van der Waals surface area contributed by atoms with E-state index >= 15 is 0 Å². The molecular formula is C25H34N2O3S. The number of hydrogen-bond acceptors (Lipinski definition) is 4. The number of hydrogen-bond donors (Lipinski definition) is 3. The van der Waals surface area contributed by atoms with Crippen molar-refractivity contribution >= 4 is 33.2 Å². The molecule has 5 nitrogen and oxygen atoms in total. The molecule has 2 amide bonds. The van der Waals surface area contributed by atoms with Crippen molar-refractivity contribution in [3.05, 3.63) is 34.7 Å². The second kappa shape index (κ2) is 10.6. The standard InChI is InChI=1S/C25H34N2O3S/c28-14-13-26-25(30)24-23(20-7-3-4-8-21(20)31-24)19-11-9-18(10-12-19)16-27-22(29)15-17-5-1-2-6-17/h3-4,7-8,17-19,28H,1-2,5-6,9-16H2,(H,26,30)(H,27,29). The number of aliphatic hydroxyl groups excluding tert-OH is 1. The average molecular weight is 443 g/mol. The predicted molar refractivity (Wildman–Crippen MR) is 126 cm³/mol. The predicted octanol–water partition coefficient (Wildman–Crippen LogP) is 4.59. The van der Waals surface area contributed by atoms with E-state index in [0.29, 0.717) is 24.2 Å². The second-order valence-electron chi connectivity index (χ2n) is 9.20. The topological polar surface area (TPSA) is 78.4 Å². The van der Waals surface area contributed by atoms with Gasteiger partial charge in [0.2, 0.25) is 5.91 Å². The average Bonchev–Trinajstić information content (AvgIpc) is 3.44. The summed E-state index contributed by atoms with van der Waals surface area (Å²) in [7, 11) is 0. The van der Waals surface area contributed by atoms with E-state index in [1.807, 2.05) is 12.1 Å². The third kappa shape index (κ3) is 5.47. The molecule has 2 aliphatic carbocycles. The summed E-state index contributed by atoms with van der Waals surface area (Å²) in [4.78, 5) is 25.8. The molecule has 0 saturated heterocycles. The van der Waals surface area contributed by atoms with Gasteiger partial charge in [0, 0.05) is 24.2 Å². The number of rotatable bonds is 8. The fourth-order valence-corrected chi connectivity index (χ4v) is 6.56. The molecule has 0 aliphatic heterocycles. The monoisotopic (exact) mass is 442 g/mol. The zero-order chi connectivity index (χ0) is 21.6. The highest BCUT2D eigenvalue weighted by atomic mass is 32.1. The van der Waals surface area contributed by atoms with Crippen molar-refractivity contribution in [2.45, 2.75) is 63.7 Å². The van der Waals surface area contributed by atoms with E-state index < -0.39 is 0 Å². The summed E-state index contributed by atoms with van der Waals surface area (Å²) in [5.74, 6) is 1.64. The first-order valence-electron chi connectivity index (χ1n) is 11.8. The van der Waals surface area contributed by atoms with Gasteiger partial charge in [-0.25, -0.2) is 0 Å². The molecule has 0 radical (unpaired) electrons. The maximum Gasteiger partial charge on any atom is 0.261 e. The number of amides is 2. The van der Waals surface area contributed by atoms with Crippen LogP contribution < -0.4 is 10.6 Å². The lowest BCUT2D eigenvalue weighted by Gasteiger charge is -2.29. The molecule has 2 aliphatic rings. The number of carbonyl (C=O) groups excluding carboxylic acids is 2. The third-order valence-electron chi connectivity index (χ3n) is 7.03. The summed E-state index contributed by atoms with van der Waals surface area (Å²) in [6.07, 6.45) is 9.92. The van der Waals surface area contributed by atoms with Crippen molar-refractivity contribution in [1.29, 1.82) is 0 Å². The Balaban J connectivity index is 1.36. The van der Waals surface area contributed by atoms with Gasteiger partial charge in [-0.05, 0) is 73.3 Å². The van der Waals surface area contributed by atoms with Crippen molar-refractivity contribution in [3.63, 3.8) is 0 Å². The number of fused-ring (bicyclic) bond motifs is 1. The number of benzene rings is 1. The van der Waals surface area contributed by atoms with Gasteiger partial charge in [0.15, 0.2) is 0 Å². The normalized spacial score (nSPS) is 22.0. The van der Waals surface area contributed by atoms with Gasteiger partial charge < -0.3 is 15.7 Å². The quantitative estimate of drug-likeness (QED) is 0.559. The number of carbonyl (C=O) groups is 2. The zero-order valence-corrected chi connectivity index (χ0v) is 19.0. The molecule has 31 heavy (non-hydrogen) atoms. The van der Waals surface area contributed by atoms with Crippen molar-refractivity contribution in [3.8, 4) is 0 Å². The molecular weight excluding hydrogens is 408 g/mol. The van der Waals surface area contributed by atoms with Crippen LogP contribution >= 0.6 is 11.3 Å². The lowest BCUT2D eigenvalue weighted by molar-refractivity contribution is -0.122. The third-order valence-corrected chi connectivity index (χ3v) is 8.21. The Morgan fingerprint density at radius 1 is 0.968 bits per heavy atom. The maximum absolute atomic E-state index is 12.8. The summed E-state index contributed by atoms with van der Waals surface area (Å²) < 4.78 is 1.15. The number of nitrogens with one attached hydrogen (secondary N) is 2. The van der Waals surface area contributed by atoms with Crippen LogP contribution in [0.4, 0.5) is 0 Å². The van der Waals surface area contributed by atoms with Gasteiger partial charge >= 0.3 is 0 Å². The lowest BCUT2D eigenvalue weighted by Crippen LogP contribution is -2.32. The van der Waals surface area contributed by atoms with E-state index in [0.717, 1.165) is 41.8 Å². The van der Waals surface area contributed by atoms with Gasteiger partial charge in [-0.3, -0.25) is 9.59 Å². The Kier molecular flexibility index (Phi) is 7.62. The van der Waals surface area contributed by atoms with Crippen LogP contribution in [0.1, 0.15) is 78.9 Å². The van der Waals surface area contributed by atoms with Gasteiger partial charge in [0.25, 0.3) is 5.91 Å². The Bertz CT molecular complexity index is 895. The van der Waals surface area contributed by atoms with E-state index in [2.05, 4.69) is 22.8 Å². The Morgan fingerprint density at radius 3 is 2.45 bits per heavy atom. The summed E-state index contributed by atoms with van der Waals surface area (Å²) in [5, 5.41) is 16.3. The molecule has 0 atom stereocenters. The van der Waals surface area contributed by atoms with Crippen LogP contribution in [-0.4, -0.2) is 36.6 Å². The summed E-state index contributed by atoms with van der Waals surface area (Å²) in [6.45, 7) is 1.01. The molecule has 0 bridgehead atoms. The van der Waals surface area contributed by atoms with E-state index in [4.69, 9.17) is 5.11 Å². The SMILES string of the molecule is O=C(CC1CCCC1)NCC1CCC(c2c(C(=O)NCCO)sc3ccccc23)CC1. The van der Waals surface area contributed by atoms with E-state index in [1.165, 1.54) is 36.6 Å². The highest BCUT2D eigenvalue weighted by molar-refractivity contribution is 7.21. The van der Waals surface area contributed by atoms with Crippen molar-refractivity contribution < 1.29 is 14.7 Å². The van der Waals surface area contributed by atoms with Crippen LogP contribution in [0, 0.1) is 11.8 Å². The van der Waals surface area contributed by atoms with Gasteiger partial charge in [-0.2, -0.15) is 0 Å². The van der Waals surface area contributed by atoms with Crippen molar-refractivity contribution in [2.24, 2.45) is 11.8 Å². The Morgan fingerprint density at radius 2 is 1.71 bits per heavy atom. The van der Waals surface area contributed by atoms with Crippen LogP contribution in [0.3, 0.4) is 0 Å².